The van der Waals surface area contributed by atoms with Gasteiger partial charge in [0, 0.05) is 37.6 Å². The van der Waals surface area contributed by atoms with Gasteiger partial charge < -0.3 is 19.2 Å². The highest BCUT2D eigenvalue weighted by atomic mass is 16.5. The number of nitrogens with one attached hydrogen (secondary N) is 1. The average molecular weight is 318 g/mol. The van der Waals surface area contributed by atoms with Gasteiger partial charge in [-0.25, -0.2) is 4.79 Å². The molecule has 1 aromatic heterocycles. The largest absolute Gasteiger partial charge is 0.493 e. The monoisotopic (exact) mass is 318 g/mol. The summed E-state index contributed by atoms with van der Waals surface area (Å²) in [7, 11) is 2.93. The molecule has 0 spiro atoms. The average Bonchev–Trinajstić information content (AvgIpc) is 3.00. The molecule has 0 radical (unpaired) electrons. The second-order valence-electron chi connectivity index (χ2n) is 5.86. The zero-order chi connectivity index (χ0) is 16.4. The van der Waals surface area contributed by atoms with E-state index < -0.39 is 5.97 Å². The van der Waals surface area contributed by atoms with E-state index in [1.54, 1.807) is 13.2 Å². The van der Waals surface area contributed by atoms with Crippen molar-refractivity contribution in [1.29, 1.82) is 0 Å². The molecule has 6 heteroatoms. The van der Waals surface area contributed by atoms with Crippen LogP contribution in [0.25, 0.3) is 11.0 Å². The molecule has 0 saturated carbocycles. The highest BCUT2D eigenvalue weighted by Crippen LogP contribution is 2.32. The molecule has 2 aromatic rings. The summed E-state index contributed by atoms with van der Waals surface area (Å²) < 4.78 is 15.8. The third-order valence-corrected chi connectivity index (χ3v) is 4.19. The molecule has 1 aromatic carbocycles. The topological polar surface area (TPSA) is 63.9 Å². The van der Waals surface area contributed by atoms with Crippen molar-refractivity contribution < 1.29 is 18.7 Å². The minimum absolute atomic E-state index is 0.196. The summed E-state index contributed by atoms with van der Waals surface area (Å²) in [5.74, 6) is 0.333. The molecule has 3 rings (SSSR count). The molecule has 23 heavy (non-hydrogen) atoms. The molecule has 1 aliphatic heterocycles. The number of nitrogens with zero attached hydrogens (tertiary/aromatic N) is 1. The number of piperazine rings is 1. The normalized spacial score (nSPS) is 19.0. The van der Waals surface area contributed by atoms with Gasteiger partial charge in [-0.2, -0.15) is 0 Å². The number of ether oxygens (including phenoxy) is 2. The SMILES string of the molecule is COC(=O)c1cc2c(CN3CCN[C@H](C)C3)ccc(OC)c2o1. The fourth-order valence-corrected chi connectivity index (χ4v) is 3.05. The number of esters is 1. The summed E-state index contributed by atoms with van der Waals surface area (Å²) in [6.45, 7) is 5.98. The molecule has 2 heterocycles. The van der Waals surface area contributed by atoms with E-state index in [-0.39, 0.29) is 5.76 Å². The first-order valence-corrected chi connectivity index (χ1v) is 7.76. The fourth-order valence-electron chi connectivity index (χ4n) is 3.05. The van der Waals surface area contributed by atoms with E-state index in [9.17, 15) is 4.79 Å². The van der Waals surface area contributed by atoms with Crippen LogP contribution in [0.2, 0.25) is 0 Å². The Bertz CT molecular complexity index is 710. The van der Waals surface area contributed by atoms with Crippen molar-refractivity contribution in [3.05, 3.63) is 29.5 Å². The maximum Gasteiger partial charge on any atom is 0.373 e. The predicted octanol–water partition coefficient (Wildman–Crippen LogP) is 2.02. The van der Waals surface area contributed by atoms with Crippen molar-refractivity contribution in [2.24, 2.45) is 0 Å². The standard InChI is InChI=1S/C17H22N2O4/c1-11-9-19(7-6-18-11)10-12-4-5-14(21-2)16-13(12)8-15(23-16)17(20)22-3/h4-5,8,11,18H,6-7,9-10H2,1-3H3/t11-/m1/s1. The molecule has 0 amide bonds. The molecule has 1 fully saturated rings. The Hall–Kier alpha value is -2.05. The Labute approximate surface area is 135 Å². The summed E-state index contributed by atoms with van der Waals surface area (Å²) in [5, 5.41) is 4.34. The van der Waals surface area contributed by atoms with Crippen LogP contribution in [0, 0.1) is 0 Å². The lowest BCUT2D eigenvalue weighted by molar-refractivity contribution is 0.0567. The zero-order valence-electron chi connectivity index (χ0n) is 13.7. The smallest absolute Gasteiger partial charge is 0.373 e. The number of benzene rings is 1. The summed E-state index contributed by atoms with van der Waals surface area (Å²) in [4.78, 5) is 14.1. The van der Waals surface area contributed by atoms with Crippen LogP contribution in [0.15, 0.2) is 22.6 Å². The van der Waals surface area contributed by atoms with Gasteiger partial charge in [-0.15, -0.1) is 0 Å². The van der Waals surface area contributed by atoms with E-state index in [1.165, 1.54) is 7.11 Å². The van der Waals surface area contributed by atoms with Crippen LogP contribution in [0.5, 0.6) is 5.75 Å². The Morgan fingerprint density at radius 1 is 1.43 bits per heavy atom. The van der Waals surface area contributed by atoms with Gasteiger partial charge in [-0.1, -0.05) is 6.07 Å². The van der Waals surface area contributed by atoms with Gasteiger partial charge in [0.25, 0.3) is 0 Å². The van der Waals surface area contributed by atoms with Crippen molar-refractivity contribution in [3.8, 4) is 5.75 Å². The Morgan fingerprint density at radius 2 is 2.26 bits per heavy atom. The quantitative estimate of drug-likeness (QED) is 0.870. The van der Waals surface area contributed by atoms with Crippen LogP contribution in [0.1, 0.15) is 23.0 Å². The third-order valence-electron chi connectivity index (χ3n) is 4.19. The number of fused-ring (bicyclic) bond motifs is 1. The minimum atomic E-state index is -0.481. The van der Waals surface area contributed by atoms with Crippen LogP contribution in [0.4, 0.5) is 0 Å². The molecule has 124 valence electrons. The molecule has 1 N–H and O–H groups in total. The second kappa shape index (κ2) is 6.60. The highest BCUT2D eigenvalue weighted by molar-refractivity contribution is 5.95. The Morgan fingerprint density at radius 3 is 2.96 bits per heavy atom. The Balaban J connectivity index is 1.96. The first-order chi connectivity index (χ1) is 11.1. The minimum Gasteiger partial charge on any atom is -0.493 e. The van der Waals surface area contributed by atoms with Gasteiger partial charge in [0.05, 0.1) is 14.2 Å². The number of carbonyl (C=O) groups excluding carboxylic acids is 1. The van der Waals surface area contributed by atoms with Crippen molar-refractivity contribution in [2.75, 3.05) is 33.9 Å². The maximum absolute atomic E-state index is 11.8. The lowest BCUT2D eigenvalue weighted by Gasteiger charge is -2.31. The molecule has 1 aliphatic rings. The molecule has 1 saturated heterocycles. The number of methoxy groups -OCH3 is 2. The van der Waals surface area contributed by atoms with Gasteiger partial charge in [0.1, 0.15) is 0 Å². The summed E-state index contributed by atoms with van der Waals surface area (Å²) in [6.07, 6.45) is 0. The first-order valence-electron chi connectivity index (χ1n) is 7.76. The molecule has 1 atom stereocenters. The molecule has 0 unspecified atom stereocenters. The third kappa shape index (κ3) is 3.18. The molecular weight excluding hydrogens is 296 g/mol. The van der Waals surface area contributed by atoms with Crippen molar-refractivity contribution in [2.45, 2.75) is 19.5 Å². The van der Waals surface area contributed by atoms with Crippen LogP contribution >= 0.6 is 0 Å². The van der Waals surface area contributed by atoms with E-state index in [0.29, 0.717) is 17.4 Å². The van der Waals surface area contributed by atoms with Crippen molar-refractivity contribution in [1.82, 2.24) is 10.2 Å². The predicted molar refractivity (Wildman–Crippen MR) is 86.8 cm³/mol. The van der Waals surface area contributed by atoms with E-state index in [0.717, 1.165) is 37.1 Å². The van der Waals surface area contributed by atoms with Crippen LogP contribution in [-0.4, -0.2) is 50.8 Å². The first kappa shape index (κ1) is 15.8. The van der Waals surface area contributed by atoms with Crippen molar-refractivity contribution in [3.63, 3.8) is 0 Å². The van der Waals surface area contributed by atoms with E-state index in [4.69, 9.17) is 13.9 Å². The van der Waals surface area contributed by atoms with E-state index in [1.807, 2.05) is 12.1 Å². The summed E-state index contributed by atoms with van der Waals surface area (Å²) >= 11 is 0. The number of furan rings is 1. The lowest BCUT2D eigenvalue weighted by Crippen LogP contribution is -2.48. The molecular formula is C17H22N2O4. The summed E-state index contributed by atoms with van der Waals surface area (Å²) in [6, 6.07) is 6.13. The summed E-state index contributed by atoms with van der Waals surface area (Å²) in [5.41, 5.74) is 1.71. The zero-order valence-corrected chi connectivity index (χ0v) is 13.7. The maximum atomic E-state index is 11.8. The number of rotatable bonds is 4. The number of hydrogen-bond acceptors (Lipinski definition) is 6. The molecule has 0 bridgehead atoms. The van der Waals surface area contributed by atoms with E-state index in [2.05, 4.69) is 17.1 Å². The number of hydrogen-bond donors (Lipinski definition) is 1. The molecule has 0 aliphatic carbocycles. The van der Waals surface area contributed by atoms with Crippen LogP contribution in [0.3, 0.4) is 0 Å². The fraction of sp³-hybridized carbons (Fsp3) is 0.471. The van der Waals surface area contributed by atoms with Gasteiger partial charge in [-0.05, 0) is 24.6 Å². The van der Waals surface area contributed by atoms with Gasteiger partial charge >= 0.3 is 5.97 Å². The highest BCUT2D eigenvalue weighted by Gasteiger charge is 2.21. The van der Waals surface area contributed by atoms with Gasteiger partial charge in [-0.3, -0.25) is 4.90 Å². The van der Waals surface area contributed by atoms with Gasteiger partial charge in [0.15, 0.2) is 11.3 Å². The number of carbonyl (C=O) groups is 1. The molecule has 6 nitrogen and oxygen atoms in total. The van der Waals surface area contributed by atoms with Crippen molar-refractivity contribution >= 4 is 16.9 Å². The lowest BCUT2D eigenvalue weighted by atomic mass is 10.1. The Kier molecular flexibility index (Phi) is 4.54. The van der Waals surface area contributed by atoms with Crippen LogP contribution in [-0.2, 0) is 11.3 Å². The van der Waals surface area contributed by atoms with Gasteiger partial charge in [0.2, 0.25) is 5.76 Å². The van der Waals surface area contributed by atoms with E-state index >= 15 is 0 Å². The second-order valence-corrected chi connectivity index (χ2v) is 5.86. The van der Waals surface area contributed by atoms with Crippen LogP contribution < -0.4 is 10.1 Å².